The number of imide groups is 1. The molecule has 0 saturated carbocycles. The molecule has 0 radical (unpaired) electrons. The van der Waals surface area contributed by atoms with Gasteiger partial charge in [0, 0.05) is 12.2 Å². The number of fused-ring (bicyclic) bond motifs is 1. The molecule has 1 heterocycles. The predicted molar refractivity (Wildman–Crippen MR) is 69.1 cm³/mol. The molecule has 0 saturated heterocycles. The fourth-order valence-corrected chi connectivity index (χ4v) is 2.50. The number of carbonyl (C=O) groups excluding carboxylic acids is 2. The predicted octanol–water partition coefficient (Wildman–Crippen LogP) is -0.586. The average molecular weight is 283 g/mol. The molecule has 0 bridgehead atoms. The first-order valence-corrected chi connectivity index (χ1v) is 7.18. The van der Waals surface area contributed by atoms with Gasteiger partial charge in [-0.15, -0.1) is 0 Å². The van der Waals surface area contributed by atoms with E-state index in [-0.39, 0.29) is 29.1 Å². The first-order valence-electron chi connectivity index (χ1n) is 5.53. The van der Waals surface area contributed by atoms with E-state index in [0.29, 0.717) is 0 Å². The minimum atomic E-state index is -3.48. The summed E-state index contributed by atoms with van der Waals surface area (Å²) in [5, 5.41) is 0. The Morgan fingerprint density at radius 1 is 1.26 bits per heavy atom. The highest BCUT2D eigenvalue weighted by Gasteiger charge is 2.37. The van der Waals surface area contributed by atoms with Gasteiger partial charge in [0.25, 0.3) is 11.8 Å². The van der Waals surface area contributed by atoms with Crippen molar-refractivity contribution in [3.63, 3.8) is 0 Å². The summed E-state index contributed by atoms with van der Waals surface area (Å²) in [5.41, 5.74) is 6.24. The number of carbonyl (C=O) groups is 2. The molecule has 102 valence electrons. The van der Waals surface area contributed by atoms with E-state index in [2.05, 4.69) is 4.72 Å². The van der Waals surface area contributed by atoms with E-state index in [9.17, 15) is 18.0 Å². The van der Waals surface area contributed by atoms with Gasteiger partial charge in [-0.1, -0.05) is 6.07 Å². The summed E-state index contributed by atoms with van der Waals surface area (Å²) in [7, 11) is -2.21. The molecule has 1 aliphatic heterocycles. The third-order valence-electron chi connectivity index (χ3n) is 2.93. The van der Waals surface area contributed by atoms with Crippen molar-refractivity contribution >= 4 is 27.5 Å². The summed E-state index contributed by atoms with van der Waals surface area (Å²) >= 11 is 0. The number of hydrogen-bond donors (Lipinski definition) is 2. The van der Waals surface area contributed by atoms with E-state index in [1.807, 2.05) is 0 Å². The zero-order valence-electron chi connectivity index (χ0n) is 10.2. The maximum Gasteiger partial charge on any atom is 0.263 e. The Hall–Kier alpha value is -1.93. The zero-order valence-corrected chi connectivity index (χ0v) is 11.0. The Balaban J connectivity index is 2.26. The second-order valence-corrected chi connectivity index (χ2v) is 6.10. The van der Waals surface area contributed by atoms with Gasteiger partial charge in [-0.05, 0) is 19.2 Å². The lowest BCUT2D eigenvalue weighted by atomic mass is 10.1. The Morgan fingerprint density at radius 3 is 2.53 bits per heavy atom. The topological polar surface area (TPSA) is 110 Å². The number of rotatable bonds is 4. The first kappa shape index (κ1) is 13.5. The highest BCUT2D eigenvalue weighted by molar-refractivity contribution is 7.89. The monoisotopic (exact) mass is 283 g/mol. The van der Waals surface area contributed by atoms with E-state index in [1.54, 1.807) is 6.07 Å². The highest BCUT2D eigenvalue weighted by atomic mass is 32.2. The van der Waals surface area contributed by atoms with Crippen molar-refractivity contribution in [3.05, 3.63) is 29.3 Å². The maximum absolute atomic E-state index is 12.0. The van der Waals surface area contributed by atoms with Crippen molar-refractivity contribution in [1.82, 2.24) is 9.62 Å². The molecular weight excluding hydrogens is 270 g/mol. The van der Waals surface area contributed by atoms with Gasteiger partial charge in [0.1, 0.15) is 0 Å². The van der Waals surface area contributed by atoms with Crippen LogP contribution in [-0.2, 0) is 10.0 Å². The van der Waals surface area contributed by atoms with Crippen LogP contribution >= 0.6 is 0 Å². The third-order valence-corrected chi connectivity index (χ3v) is 4.27. The zero-order chi connectivity index (χ0) is 14.2. The van der Waals surface area contributed by atoms with Crippen LogP contribution in [0.2, 0.25) is 0 Å². The van der Waals surface area contributed by atoms with Gasteiger partial charge in [0.15, 0.2) is 0 Å². The summed E-state index contributed by atoms with van der Waals surface area (Å²) in [5.74, 6) is -1.41. The normalized spacial score (nSPS) is 14.9. The molecule has 0 aliphatic carbocycles. The molecule has 0 fully saturated rings. The van der Waals surface area contributed by atoms with E-state index in [0.717, 1.165) is 4.90 Å². The van der Waals surface area contributed by atoms with Crippen LogP contribution in [0.5, 0.6) is 0 Å². The van der Waals surface area contributed by atoms with E-state index in [1.165, 1.54) is 19.2 Å². The maximum atomic E-state index is 12.0. The smallest absolute Gasteiger partial charge is 0.263 e. The number of anilines is 1. The summed E-state index contributed by atoms with van der Waals surface area (Å²) in [6, 6.07) is 4.60. The van der Waals surface area contributed by atoms with Crippen molar-refractivity contribution in [2.75, 3.05) is 25.1 Å². The second kappa shape index (κ2) is 4.63. The molecule has 1 aliphatic rings. The summed E-state index contributed by atoms with van der Waals surface area (Å²) < 4.78 is 24.8. The fraction of sp³-hybridized carbons (Fsp3) is 0.273. The highest BCUT2D eigenvalue weighted by Crippen LogP contribution is 2.27. The van der Waals surface area contributed by atoms with Crippen molar-refractivity contribution in [2.45, 2.75) is 0 Å². The molecule has 0 unspecified atom stereocenters. The number of nitrogens with zero attached hydrogens (tertiary/aromatic N) is 1. The minimum Gasteiger partial charge on any atom is -0.398 e. The Morgan fingerprint density at radius 2 is 1.95 bits per heavy atom. The van der Waals surface area contributed by atoms with Crippen LogP contribution in [0.3, 0.4) is 0 Å². The lowest BCUT2D eigenvalue weighted by molar-refractivity contribution is 0.0664. The number of benzene rings is 1. The second-order valence-electron chi connectivity index (χ2n) is 4.05. The average Bonchev–Trinajstić information content (AvgIpc) is 2.61. The Bertz CT molecular complexity index is 654. The molecule has 0 atom stereocenters. The number of nitrogens with one attached hydrogen (secondary N) is 1. The van der Waals surface area contributed by atoms with E-state index in [4.69, 9.17) is 5.73 Å². The summed E-state index contributed by atoms with van der Waals surface area (Å²) in [4.78, 5) is 24.9. The van der Waals surface area contributed by atoms with E-state index >= 15 is 0 Å². The van der Waals surface area contributed by atoms with Gasteiger partial charge in [0.2, 0.25) is 10.0 Å². The molecule has 0 aromatic heterocycles. The first-order chi connectivity index (χ1) is 8.87. The van der Waals surface area contributed by atoms with Crippen LogP contribution in [0, 0.1) is 0 Å². The van der Waals surface area contributed by atoms with Gasteiger partial charge in [-0.3, -0.25) is 14.5 Å². The number of amides is 2. The van der Waals surface area contributed by atoms with Crippen LogP contribution in [0.15, 0.2) is 18.2 Å². The lowest BCUT2D eigenvalue weighted by Crippen LogP contribution is -2.36. The van der Waals surface area contributed by atoms with Crippen LogP contribution in [0.1, 0.15) is 20.7 Å². The van der Waals surface area contributed by atoms with Gasteiger partial charge in [-0.2, -0.15) is 0 Å². The standard InChI is InChI=1S/C11H13N3O4S/c1-13-19(17,18)6-5-14-10(15)7-3-2-4-8(12)9(7)11(14)16/h2-4,13H,5-6,12H2,1H3. The number of nitrogen functional groups attached to an aromatic ring is 1. The molecule has 1 aromatic carbocycles. The fourth-order valence-electron chi connectivity index (χ4n) is 1.88. The van der Waals surface area contributed by atoms with E-state index < -0.39 is 21.8 Å². The van der Waals surface area contributed by atoms with Crippen LogP contribution in [0.4, 0.5) is 5.69 Å². The molecule has 0 spiro atoms. The van der Waals surface area contributed by atoms with Crippen molar-refractivity contribution < 1.29 is 18.0 Å². The molecule has 19 heavy (non-hydrogen) atoms. The third kappa shape index (κ3) is 2.32. The molecule has 1 aromatic rings. The largest absolute Gasteiger partial charge is 0.398 e. The Labute approximate surface area is 110 Å². The molecule has 8 heteroatoms. The van der Waals surface area contributed by atoms with Crippen molar-refractivity contribution in [3.8, 4) is 0 Å². The van der Waals surface area contributed by atoms with Gasteiger partial charge >= 0.3 is 0 Å². The Kier molecular flexibility index (Phi) is 3.29. The molecular formula is C11H13N3O4S. The quantitative estimate of drug-likeness (QED) is 0.567. The summed E-state index contributed by atoms with van der Waals surface area (Å²) in [6.45, 7) is -0.199. The number of sulfonamides is 1. The van der Waals surface area contributed by atoms with Gasteiger partial charge in [-0.25, -0.2) is 13.1 Å². The van der Waals surface area contributed by atoms with Crippen molar-refractivity contribution in [2.24, 2.45) is 0 Å². The van der Waals surface area contributed by atoms with Crippen LogP contribution in [0.25, 0.3) is 0 Å². The van der Waals surface area contributed by atoms with Gasteiger partial charge in [0.05, 0.1) is 16.9 Å². The number of nitrogens with two attached hydrogens (primary N) is 1. The molecule has 3 N–H and O–H groups in total. The molecule has 2 amide bonds. The summed E-state index contributed by atoms with van der Waals surface area (Å²) in [6.07, 6.45) is 0. The minimum absolute atomic E-state index is 0.148. The molecule has 7 nitrogen and oxygen atoms in total. The van der Waals surface area contributed by atoms with Gasteiger partial charge < -0.3 is 5.73 Å². The molecule has 2 rings (SSSR count). The van der Waals surface area contributed by atoms with Crippen molar-refractivity contribution in [1.29, 1.82) is 0 Å². The lowest BCUT2D eigenvalue weighted by Gasteiger charge is -2.13. The number of hydrogen-bond acceptors (Lipinski definition) is 5. The van der Waals surface area contributed by atoms with Crippen LogP contribution in [-0.4, -0.2) is 44.5 Å². The SMILES string of the molecule is CNS(=O)(=O)CCN1C(=O)c2cccc(N)c2C1=O. The van der Waals surface area contributed by atoms with Crippen LogP contribution < -0.4 is 10.5 Å².